The maximum absolute atomic E-state index is 12.0. The molecule has 1 aliphatic carbocycles. The fourth-order valence-electron chi connectivity index (χ4n) is 4.78. The van der Waals surface area contributed by atoms with E-state index in [0.717, 1.165) is 31.1 Å². The Kier molecular flexibility index (Phi) is 7.73. The van der Waals surface area contributed by atoms with Crippen molar-refractivity contribution in [3.05, 3.63) is 58.2 Å². The minimum Gasteiger partial charge on any atom is -0.458 e. The second-order valence-electron chi connectivity index (χ2n) is 9.60. The number of ether oxygens (including phenoxy) is 3. The molecule has 1 spiro atoms. The Morgan fingerprint density at radius 2 is 1.94 bits per heavy atom. The second-order valence-corrected chi connectivity index (χ2v) is 9.60. The number of hydrogen-bond donors (Lipinski definition) is 0. The van der Waals surface area contributed by atoms with Crippen molar-refractivity contribution >= 4 is 12.3 Å². The lowest BCUT2D eigenvalue weighted by Gasteiger charge is -2.46. The molecule has 5 atom stereocenters. The van der Waals surface area contributed by atoms with Crippen LogP contribution >= 0.6 is 0 Å². The van der Waals surface area contributed by atoms with Crippen molar-refractivity contribution in [3.8, 4) is 0 Å². The van der Waals surface area contributed by atoms with Gasteiger partial charge in [0.2, 0.25) is 5.79 Å². The maximum Gasteiger partial charge on any atom is 0.303 e. The Morgan fingerprint density at radius 1 is 1.19 bits per heavy atom. The summed E-state index contributed by atoms with van der Waals surface area (Å²) >= 11 is 0. The topological polar surface area (TPSA) is 61.8 Å². The molecule has 3 aliphatic rings. The number of hydrogen-bond acceptors (Lipinski definition) is 5. The van der Waals surface area contributed by atoms with E-state index in [1.807, 2.05) is 25.2 Å². The minimum atomic E-state index is -1.06. The van der Waals surface area contributed by atoms with Gasteiger partial charge >= 0.3 is 5.97 Å². The fourth-order valence-corrected chi connectivity index (χ4v) is 4.78. The number of carbonyl (C=O) groups excluding carboxylic acids is 2. The van der Waals surface area contributed by atoms with E-state index in [0.29, 0.717) is 12.0 Å². The van der Waals surface area contributed by atoms with Crippen molar-refractivity contribution in [3.63, 3.8) is 0 Å². The van der Waals surface area contributed by atoms with Crippen molar-refractivity contribution in [1.82, 2.24) is 0 Å². The van der Waals surface area contributed by atoms with Gasteiger partial charge in [-0.1, -0.05) is 34.9 Å². The molecular weight excluding hydrogens is 404 g/mol. The molecule has 0 unspecified atom stereocenters. The van der Waals surface area contributed by atoms with Gasteiger partial charge in [-0.3, -0.25) is 9.59 Å². The predicted octanol–water partition coefficient (Wildman–Crippen LogP) is 5.53. The van der Waals surface area contributed by atoms with E-state index in [4.69, 9.17) is 14.2 Å². The maximum atomic E-state index is 12.0. The lowest BCUT2D eigenvalue weighted by molar-refractivity contribution is -0.226. The largest absolute Gasteiger partial charge is 0.458 e. The van der Waals surface area contributed by atoms with Crippen LogP contribution in [0.25, 0.3) is 0 Å². The highest BCUT2D eigenvalue weighted by molar-refractivity contribution is 5.75. The Labute approximate surface area is 191 Å². The Bertz CT molecular complexity index is 899. The normalized spacial score (nSPS) is 32.3. The molecule has 5 heteroatoms. The van der Waals surface area contributed by atoms with Gasteiger partial charge in [-0.15, -0.1) is 0 Å². The first-order chi connectivity index (χ1) is 15.1. The number of rotatable bonds is 6. The van der Waals surface area contributed by atoms with Gasteiger partial charge in [0.15, 0.2) is 0 Å². The summed E-state index contributed by atoms with van der Waals surface area (Å²) in [6.45, 7) is 11.8. The van der Waals surface area contributed by atoms with Crippen molar-refractivity contribution in [2.45, 2.75) is 91.3 Å². The van der Waals surface area contributed by atoms with Crippen LogP contribution in [0.2, 0.25) is 0 Å². The van der Waals surface area contributed by atoms with E-state index in [1.54, 1.807) is 0 Å². The van der Waals surface area contributed by atoms with Crippen molar-refractivity contribution in [2.24, 2.45) is 5.92 Å². The van der Waals surface area contributed by atoms with Crippen molar-refractivity contribution in [1.29, 1.82) is 0 Å². The molecule has 0 N–H and O–H groups in total. The van der Waals surface area contributed by atoms with Crippen LogP contribution in [-0.2, 0) is 23.8 Å². The number of aldehydes is 1. The standard InChI is InChI=1S/C27H36O5/c1-17(2)8-7-9-18(3)10-23-11-19(4)14-27(31-23)15-22(16-28)24-13-25(30-21(6)29)20(5)12-26(24)32-27/h8,10,12,14-16,23-26H,7,9,11,13H2,1-6H3/b18-10+/t23-,24-,25+,26-,27+/m1/s1. The third-order valence-corrected chi connectivity index (χ3v) is 6.23. The Morgan fingerprint density at radius 3 is 2.59 bits per heavy atom. The van der Waals surface area contributed by atoms with E-state index >= 15 is 0 Å². The molecule has 0 saturated heterocycles. The van der Waals surface area contributed by atoms with Gasteiger partial charge < -0.3 is 14.2 Å². The molecule has 5 nitrogen and oxygen atoms in total. The monoisotopic (exact) mass is 440 g/mol. The molecule has 0 aromatic rings. The highest BCUT2D eigenvalue weighted by Crippen LogP contribution is 2.43. The molecule has 0 fully saturated rings. The summed E-state index contributed by atoms with van der Waals surface area (Å²) in [5.74, 6) is -1.55. The lowest BCUT2D eigenvalue weighted by Crippen LogP contribution is -2.49. The molecular formula is C27H36O5. The number of fused-ring (bicyclic) bond motifs is 1. The van der Waals surface area contributed by atoms with Crippen molar-refractivity contribution < 1.29 is 23.8 Å². The van der Waals surface area contributed by atoms with Crippen LogP contribution in [0.3, 0.4) is 0 Å². The highest BCUT2D eigenvalue weighted by Gasteiger charge is 2.46. The fraction of sp³-hybridized carbons (Fsp3) is 0.556. The molecule has 0 radical (unpaired) electrons. The van der Waals surface area contributed by atoms with E-state index in [-0.39, 0.29) is 30.2 Å². The summed E-state index contributed by atoms with van der Waals surface area (Å²) < 4.78 is 18.4. The number of esters is 1. The molecule has 0 bridgehead atoms. The van der Waals surface area contributed by atoms with Crippen LogP contribution in [0, 0.1) is 5.92 Å². The van der Waals surface area contributed by atoms with Gasteiger partial charge in [0.05, 0.1) is 12.2 Å². The van der Waals surface area contributed by atoms with E-state index in [1.165, 1.54) is 23.6 Å². The Hall–Kier alpha value is -2.24. The van der Waals surface area contributed by atoms with Gasteiger partial charge in [0, 0.05) is 12.8 Å². The van der Waals surface area contributed by atoms with Crippen LogP contribution in [0.15, 0.2) is 58.2 Å². The Balaban J connectivity index is 1.83. The SMILES string of the molecule is CC(=O)O[C@H]1C[C@@H]2C(C=O)=C[C@]3(C=C(C)C[C@@H](/C=C(\C)CCC=C(C)C)O3)O[C@@H]2C=C1C. The second kappa shape index (κ2) is 10.1. The smallest absolute Gasteiger partial charge is 0.303 e. The quantitative estimate of drug-likeness (QED) is 0.309. The van der Waals surface area contributed by atoms with Crippen LogP contribution < -0.4 is 0 Å². The van der Waals surface area contributed by atoms with Crippen LogP contribution in [0.4, 0.5) is 0 Å². The molecule has 0 aromatic carbocycles. The first-order valence-electron chi connectivity index (χ1n) is 11.5. The molecule has 32 heavy (non-hydrogen) atoms. The summed E-state index contributed by atoms with van der Waals surface area (Å²) in [5, 5.41) is 0. The van der Waals surface area contributed by atoms with Gasteiger partial charge in [-0.25, -0.2) is 0 Å². The molecule has 0 amide bonds. The average Bonchev–Trinajstić information content (AvgIpc) is 2.67. The zero-order chi connectivity index (χ0) is 23.5. The summed E-state index contributed by atoms with van der Waals surface area (Å²) in [7, 11) is 0. The summed E-state index contributed by atoms with van der Waals surface area (Å²) in [5.41, 5.74) is 5.35. The van der Waals surface area contributed by atoms with Crippen molar-refractivity contribution in [2.75, 3.05) is 0 Å². The highest BCUT2D eigenvalue weighted by atomic mass is 16.7. The molecule has 2 aliphatic heterocycles. The third-order valence-electron chi connectivity index (χ3n) is 6.23. The molecule has 2 heterocycles. The first kappa shape index (κ1) is 24.4. The van der Waals surface area contributed by atoms with Gasteiger partial charge in [0.1, 0.15) is 12.4 Å². The molecule has 174 valence electrons. The zero-order valence-electron chi connectivity index (χ0n) is 20.1. The van der Waals surface area contributed by atoms with Gasteiger partial charge in [0.25, 0.3) is 0 Å². The van der Waals surface area contributed by atoms with Gasteiger partial charge in [-0.2, -0.15) is 0 Å². The molecule has 0 aromatic heterocycles. The zero-order valence-corrected chi connectivity index (χ0v) is 20.1. The summed E-state index contributed by atoms with van der Waals surface area (Å²) in [6.07, 6.45) is 13.6. The van der Waals surface area contributed by atoms with Gasteiger partial charge in [-0.05, 0) is 83.6 Å². The van der Waals surface area contributed by atoms with E-state index in [2.05, 4.69) is 39.8 Å². The number of allylic oxidation sites excluding steroid dienone is 3. The van der Waals surface area contributed by atoms with E-state index < -0.39 is 5.79 Å². The first-order valence-corrected chi connectivity index (χ1v) is 11.5. The minimum absolute atomic E-state index is 0.116. The molecule has 0 saturated carbocycles. The van der Waals surface area contributed by atoms with Crippen LogP contribution in [0.5, 0.6) is 0 Å². The predicted molar refractivity (Wildman–Crippen MR) is 125 cm³/mol. The van der Waals surface area contributed by atoms with E-state index in [9.17, 15) is 9.59 Å². The average molecular weight is 441 g/mol. The van der Waals surface area contributed by atoms with Crippen LogP contribution in [-0.4, -0.2) is 36.4 Å². The summed E-state index contributed by atoms with van der Waals surface area (Å²) in [4.78, 5) is 23.5. The lowest BCUT2D eigenvalue weighted by atomic mass is 9.78. The summed E-state index contributed by atoms with van der Waals surface area (Å²) in [6, 6.07) is 0. The van der Waals surface area contributed by atoms with Crippen LogP contribution in [0.1, 0.15) is 67.2 Å². The number of carbonyl (C=O) groups is 2. The third kappa shape index (κ3) is 5.96. The molecule has 3 rings (SSSR count).